The summed E-state index contributed by atoms with van der Waals surface area (Å²) >= 11 is 3.47. The second-order valence-corrected chi connectivity index (χ2v) is 6.38. The van der Waals surface area contributed by atoms with Gasteiger partial charge in [0.05, 0.1) is 18.8 Å². The number of ether oxygens (including phenoxy) is 1. The zero-order chi connectivity index (χ0) is 14.5. The van der Waals surface area contributed by atoms with E-state index in [0.29, 0.717) is 0 Å². The monoisotopic (exact) mass is 342 g/mol. The first-order valence-corrected chi connectivity index (χ1v) is 7.87. The molecular formula is C15H23BrN2O2. The molecule has 1 saturated heterocycles. The number of morpholine rings is 1. The third kappa shape index (κ3) is 4.53. The predicted molar refractivity (Wildman–Crippen MR) is 83.5 cm³/mol. The smallest absolute Gasteiger partial charge is 0.0936 e. The highest BCUT2D eigenvalue weighted by Crippen LogP contribution is 2.20. The lowest BCUT2D eigenvalue weighted by Gasteiger charge is -2.36. The zero-order valence-electron chi connectivity index (χ0n) is 11.8. The second kappa shape index (κ2) is 7.52. The summed E-state index contributed by atoms with van der Waals surface area (Å²) in [5, 5.41) is 9.23. The minimum absolute atomic E-state index is 0.0400. The van der Waals surface area contributed by atoms with Gasteiger partial charge in [-0.05, 0) is 31.0 Å². The summed E-state index contributed by atoms with van der Waals surface area (Å²) in [6, 6.07) is 8.19. The fourth-order valence-corrected chi connectivity index (χ4v) is 3.07. The summed E-state index contributed by atoms with van der Waals surface area (Å²) in [7, 11) is 0. The van der Waals surface area contributed by atoms with Crippen molar-refractivity contribution in [1.82, 2.24) is 4.90 Å². The van der Waals surface area contributed by atoms with Crippen LogP contribution in [0.1, 0.15) is 24.9 Å². The number of hydrogen-bond acceptors (Lipinski definition) is 4. The lowest BCUT2D eigenvalue weighted by molar-refractivity contribution is -0.0954. The molecule has 0 aromatic heterocycles. The lowest BCUT2D eigenvalue weighted by Crippen LogP contribution is -2.48. The van der Waals surface area contributed by atoms with E-state index < -0.39 is 0 Å². The Hall–Kier alpha value is -0.460. The van der Waals surface area contributed by atoms with E-state index in [1.54, 1.807) is 0 Å². The maximum Gasteiger partial charge on any atom is 0.0936 e. The molecule has 2 rings (SSSR count). The quantitative estimate of drug-likeness (QED) is 0.858. The van der Waals surface area contributed by atoms with Crippen molar-refractivity contribution in [2.45, 2.75) is 31.6 Å². The van der Waals surface area contributed by atoms with Crippen molar-refractivity contribution in [2.75, 3.05) is 26.2 Å². The summed E-state index contributed by atoms with van der Waals surface area (Å²) in [5.74, 6) is 0. The van der Waals surface area contributed by atoms with Crippen molar-refractivity contribution in [3.63, 3.8) is 0 Å². The Morgan fingerprint density at radius 3 is 3.00 bits per heavy atom. The predicted octanol–water partition coefficient (Wildman–Crippen LogP) is 1.92. The average molecular weight is 343 g/mol. The third-order valence-electron chi connectivity index (χ3n) is 3.64. The van der Waals surface area contributed by atoms with Crippen LogP contribution in [-0.4, -0.2) is 48.5 Å². The summed E-state index contributed by atoms with van der Waals surface area (Å²) in [6.07, 6.45) is 1.00. The first kappa shape index (κ1) is 15.9. The van der Waals surface area contributed by atoms with Crippen LogP contribution in [0.2, 0.25) is 0 Å². The van der Waals surface area contributed by atoms with E-state index in [4.69, 9.17) is 10.5 Å². The standard InChI is InChI=1S/C15H23BrN2O2/c1-11-8-18(9-14(10-19)20-11)6-5-15(17)12-3-2-4-13(16)7-12/h2-4,7,11,14-15,19H,5-6,8-10,17H2,1H3. The zero-order valence-corrected chi connectivity index (χ0v) is 13.4. The van der Waals surface area contributed by atoms with E-state index in [0.717, 1.165) is 36.1 Å². The van der Waals surface area contributed by atoms with Crippen molar-refractivity contribution in [1.29, 1.82) is 0 Å². The van der Waals surface area contributed by atoms with Gasteiger partial charge in [0.2, 0.25) is 0 Å². The van der Waals surface area contributed by atoms with Crippen molar-refractivity contribution < 1.29 is 9.84 Å². The molecule has 0 saturated carbocycles. The minimum atomic E-state index is -0.0687. The number of rotatable bonds is 5. The van der Waals surface area contributed by atoms with E-state index in [1.165, 1.54) is 0 Å². The van der Waals surface area contributed by atoms with Crippen LogP contribution in [0.15, 0.2) is 28.7 Å². The molecule has 1 heterocycles. The molecule has 0 amide bonds. The maximum absolute atomic E-state index is 9.23. The molecule has 1 aliphatic heterocycles. The molecule has 0 spiro atoms. The number of nitrogens with two attached hydrogens (primary N) is 1. The van der Waals surface area contributed by atoms with Crippen LogP contribution in [0.5, 0.6) is 0 Å². The minimum Gasteiger partial charge on any atom is -0.394 e. The van der Waals surface area contributed by atoms with E-state index in [1.807, 2.05) is 19.1 Å². The number of halogens is 1. The number of aliphatic hydroxyl groups excluding tert-OH is 1. The van der Waals surface area contributed by atoms with Gasteiger partial charge in [-0.1, -0.05) is 28.1 Å². The van der Waals surface area contributed by atoms with Crippen LogP contribution < -0.4 is 5.73 Å². The largest absolute Gasteiger partial charge is 0.394 e. The molecule has 0 radical (unpaired) electrons. The molecule has 1 aromatic carbocycles. The van der Waals surface area contributed by atoms with Crippen molar-refractivity contribution >= 4 is 15.9 Å². The van der Waals surface area contributed by atoms with E-state index in [-0.39, 0.29) is 24.9 Å². The van der Waals surface area contributed by atoms with Crippen LogP contribution in [-0.2, 0) is 4.74 Å². The molecule has 3 atom stereocenters. The lowest BCUT2D eigenvalue weighted by atomic mass is 10.0. The topological polar surface area (TPSA) is 58.7 Å². The van der Waals surface area contributed by atoms with Crippen LogP contribution in [0.3, 0.4) is 0 Å². The number of nitrogens with zero attached hydrogens (tertiary/aromatic N) is 1. The van der Waals surface area contributed by atoms with Gasteiger partial charge in [-0.2, -0.15) is 0 Å². The van der Waals surface area contributed by atoms with Gasteiger partial charge in [0.15, 0.2) is 0 Å². The molecule has 3 unspecified atom stereocenters. The molecular weight excluding hydrogens is 320 g/mol. The first-order chi connectivity index (χ1) is 9.58. The Morgan fingerprint density at radius 1 is 1.50 bits per heavy atom. The molecule has 1 fully saturated rings. The molecule has 5 heteroatoms. The van der Waals surface area contributed by atoms with Crippen LogP contribution in [0.25, 0.3) is 0 Å². The highest BCUT2D eigenvalue weighted by Gasteiger charge is 2.24. The maximum atomic E-state index is 9.23. The van der Waals surface area contributed by atoms with Gasteiger partial charge in [0, 0.05) is 30.1 Å². The molecule has 112 valence electrons. The summed E-state index contributed by atoms with van der Waals surface area (Å²) in [6.45, 7) is 4.74. The Balaban J connectivity index is 1.85. The number of aliphatic hydroxyl groups is 1. The Kier molecular flexibility index (Phi) is 5.99. The summed E-state index contributed by atoms with van der Waals surface area (Å²) in [4.78, 5) is 2.33. The van der Waals surface area contributed by atoms with Gasteiger partial charge in [0.1, 0.15) is 0 Å². The van der Waals surface area contributed by atoms with Gasteiger partial charge in [-0.15, -0.1) is 0 Å². The third-order valence-corrected chi connectivity index (χ3v) is 4.13. The normalized spacial score (nSPS) is 25.6. The Bertz CT molecular complexity index is 430. The molecule has 1 aromatic rings. The fraction of sp³-hybridized carbons (Fsp3) is 0.600. The average Bonchev–Trinajstić information content (AvgIpc) is 2.44. The van der Waals surface area contributed by atoms with Crippen LogP contribution in [0.4, 0.5) is 0 Å². The van der Waals surface area contributed by atoms with Crippen LogP contribution in [0, 0.1) is 0 Å². The number of benzene rings is 1. The van der Waals surface area contributed by atoms with Gasteiger partial charge < -0.3 is 15.6 Å². The van der Waals surface area contributed by atoms with E-state index >= 15 is 0 Å². The molecule has 4 nitrogen and oxygen atoms in total. The molecule has 0 aliphatic carbocycles. The molecule has 3 N–H and O–H groups in total. The van der Waals surface area contributed by atoms with Crippen molar-refractivity contribution in [3.8, 4) is 0 Å². The van der Waals surface area contributed by atoms with Crippen molar-refractivity contribution in [3.05, 3.63) is 34.3 Å². The Labute approximate surface area is 129 Å². The van der Waals surface area contributed by atoms with Gasteiger partial charge in [0.25, 0.3) is 0 Å². The highest BCUT2D eigenvalue weighted by atomic mass is 79.9. The van der Waals surface area contributed by atoms with Gasteiger partial charge >= 0.3 is 0 Å². The van der Waals surface area contributed by atoms with Gasteiger partial charge in [-0.25, -0.2) is 0 Å². The number of hydrogen-bond donors (Lipinski definition) is 2. The molecule has 1 aliphatic rings. The van der Waals surface area contributed by atoms with E-state index in [9.17, 15) is 5.11 Å². The van der Waals surface area contributed by atoms with Crippen LogP contribution >= 0.6 is 15.9 Å². The summed E-state index contributed by atoms with van der Waals surface area (Å²) in [5.41, 5.74) is 7.41. The fourth-order valence-electron chi connectivity index (χ4n) is 2.65. The first-order valence-electron chi connectivity index (χ1n) is 7.08. The molecule has 20 heavy (non-hydrogen) atoms. The Morgan fingerprint density at radius 2 is 2.30 bits per heavy atom. The molecule has 0 bridgehead atoms. The second-order valence-electron chi connectivity index (χ2n) is 5.46. The highest BCUT2D eigenvalue weighted by molar-refractivity contribution is 9.10. The van der Waals surface area contributed by atoms with E-state index in [2.05, 4.69) is 33.0 Å². The summed E-state index contributed by atoms with van der Waals surface area (Å²) < 4.78 is 6.70. The van der Waals surface area contributed by atoms with Crippen molar-refractivity contribution in [2.24, 2.45) is 5.73 Å². The van der Waals surface area contributed by atoms with Gasteiger partial charge in [-0.3, -0.25) is 4.90 Å². The SMILES string of the molecule is CC1CN(CCC(N)c2cccc(Br)c2)CC(CO)O1.